The number of nitrogens with one attached hydrogen (secondary N) is 1. The Hall–Kier alpha value is -1.84. The normalized spacial score (nSPS) is 35.9. The highest BCUT2D eigenvalue weighted by Crippen LogP contribution is 2.57. The zero-order valence-electron chi connectivity index (χ0n) is 12.3. The molecule has 110 valence electrons. The van der Waals surface area contributed by atoms with Crippen molar-refractivity contribution in [2.45, 2.75) is 32.8 Å². The van der Waals surface area contributed by atoms with E-state index in [-0.39, 0.29) is 35.7 Å². The van der Waals surface area contributed by atoms with Gasteiger partial charge in [-0.3, -0.25) is 9.59 Å². The number of aryl methyl sites for hydroxylation is 2. The molecule has 4 nitrogen and oxygen atoms in total. The van der Waals surface area contributed by atoms with E-state index < -0.39 is 0 Å². The van der Waals surface area contributed by atoms with E-state index in [0.29, 0.717) is 5.92 Å². The van der Waals surface area contributed by atoms with Gasteiger partial charge in [0.2, 0.25) is 5.91 Å². The minimum absolute atomic E-state index is 0.0119. The summed E-state index contributed by atoms with van der Waals surface area (Å²) in [7, 11) is 0. The van der Waals surface area contributed by atoms with Crippen LogP contribution in [0, 0.1) is 37.5 Å². The quantitative estimate of drug-likeness (QED) is 0.849. The van der Waals surface area contributed by atoms with E-state index in [2.05, 4.69) is 5.32 Å². The third-order valence-electron chi connectivity index (χ3n) is 5.52. The molecule has 0 spiro atoms. The summed E-state index contributed by atoms with van der Waals surface area (Å²) in [6, 6.07) is 5.96. The molecule has 0 unspecified atom stereocenters. The number of amides is 1. The van der Waals surface area contributed by atoms with Gasteiger partial charge in [0, 0.05) is 11.6 Å². The number of benzene rings is 1. The van der Waals surface area contributed by atoms with E-state index >= 15 is 0 Å². The lowest BCUT2D eigenvalue weighted by Crippen LogP contribution is -2.36. The van der Waals surface area contributed by atoms with E-state index in [4.69, 9.17) is 4.74 Å². The van der Waals surface area contributed by atoms with Crippen LogP contribution in [0.5, 0.6) is 0 Å². The number of carbonyl (C=O) groups is 2. The zero-order chi connectivity index (χ0) is 14.7. The first-order valence-corrected chi connectivity index (χ1v) is 7.64. The van der Waals surface area contributed by atoms with Gasteiger partial charge in [0.25, 0.3) is 0 Å². The Balaban J connectivity index is 1.60. The van der Waals surface area contributed by atoms with Gasteiger partial charge >= 0.3 is 5.97 Å². The molecule has 1 aromatic rings. The number of carbonyl (C=O) groups excluding carboxylic acids is 2. The molecule has 1 aromatic carbocycles. The minimum Gasteiger partial charge on any atom is -0.462 e. The summed E-state index contributed by atoms with van der Waals surface area (Å²) in [5.74, 6) is -0.0100. The first-order valence-electron chi connectivity index (χ1n) is 7.64. The monoisotopic (exact) mass is 285 g/mol. The summed E-state index contributed by atoms with van der Waals surface area (Å²) in [5, 5.41) is 3.06. The minimum atomic E-state index is -0.210. The van der Waals surface area contributed by atoms with Crippen LogP contribution in [0.3, 0.4) is 0 Å². The number of hydrogen-bond acceptors (Lipinski definition) is 3. The van der Waals surface area contributed by atoms with Crippen molar-refractivity contribution in [2.24, 2.45) is 23.7 Å². The molecule has 2 bridgehead atoms. The number of hydrogen-bond donors (Lipinski definition) is 1. The van der Waals surface area contributed by atoms with E-state index in [0.717, 1.165) is 29.7 Å². The second kappa shape index (κ2) is 4.33. The van der Waals surface area contributed by atoms with Crippen LogP contribution < -0.4 is 5.32 Å². The van der Waals surface area contributed by atoms with Crippen LogP contribution in [0.25, 0.3) is 0 Å². The molecule has 0 radical (unpaired) electrons. The molecular formula is C17H19NO3. The number of esters is 1. The van der Waals surface area contributed by atoms with E-state index in [1.165, 1.54) is 0 Å². The van der Waals surface area contributed by atoms with Crippen molar-refractivity contribution in [3.8, 4) is 0 Å². The maximum atomic E-state index is 12.7. The summed E-state index contributed by atoms with van der Waals surface area (Å²) in [4.78, 5) is 24.7. The lowest BCUT2D eigenvalue weighted by molar-refractivity contribution is -0.145. The highest BCUT2D eigenvalue weighted by Gasteiger charge is 2.63. The number of para-hydroxylation sites is 1. The van der Waals surface area contributed by atoms with Crippen molar-refractivity contribution in [3.05, 3.63) is 29.3 Å². The summed E-state index contributed by atoms with van der Waals surface area (Å²) in [6.07, 6.45) is 1.90. The summed E-state index contributed by atoms with van der Waals surface area (Å²) in [6.45, 7) is 3.98. The molecular weight excluding hydrogens is 266 g/mol. The Kier molecular flexibility index (Phi) is 2.65. The Bertz CT molecular complexity index is 617. The smallest absolute Gasteiger partial charge is 0.310 e. The number of ether oxygens (including phenoxy) is 1. The third-order valence-corrected chi connectivity index (χ3v) is 5.52. The van der Waals surface area contributed by atoms with E-state index in [1.807, 2.05) is 32.0 Å². The van der Waals surface area contributed by atoms with Gasteiger partial charge in [-0.05, 0) is 43.7 Å². The molecule has 1 heterocycles. The average Bonchev–Trinajstić information content (AvgIpc) is 3.04. The zero-order valence-corrected chi connectivity index (χ0v) is 12.3. The Morgan fingerprint density at radius 1 is 1.24 bits per heavy atom. The second-order valence-electron chi connectivity index (χ2n) is 6.68. The van der Waals surface area contributed by atoms with Crippen LogP contribution in [0.4, 0.5) is 5.69 Å². The topological polar surface area (TPSA) is 55.4 Å². The fourth-order valence-electron chi connectivity index (χ4n) is 4.58. The lowest BCUT2D eigenvalue weighted by atomic mass is 9.79. The summed E-state index contributed by atoms with van der Waals surface area (Å²) in [5.41, 5.74) is 2.99. The highest BCUT2D eigenvalue weighted by atomic mass is 16.6. The fourth-order valence-corrected chi connectivity index (χ4v) is 4.58. The maximum Gasteiger partial charge on any atom is 0.310 e. The van der Waals surface area contributed by atoms with E-state index in [1.54, 1.807) is 0 Å². The molecule has 4 heteroatoms. The van der Waals surface area contributed by atoms with Crippen molar-refractivity contribution in [3.63, 3.8) is 0 Å². The standard InChI is InChI=1S/C17H19NO3/c1-8-4-3-5-9(2)15(8)18-16(19)13-10-6-11-12(7-10)21-17(20)14(11)13/h3-5,10-14H,6-7H2,1-2H3,(H,18,19)/t10-,11+,12-,13-,14+/m0/s1. The second-order valence-corrected chi connectivity index (χ2v) is 6.68. The van der Waals surface area contributed by atoms with Gasteiger partial charge in [0.15, 0.2) is 0 Å². The molecule has 1 amide bonds. The van der Waals surface area contributed by atoms with Crippen molar-refractivity contribution in [1.82, 2.24) is 0 Å². The van der Waals surface area contributed by atoms with Gasteiger partial charge < -0.3 is 10.1 Å². The molecule has 21 heavy (non-hydrogen) atoms. The maximum absolute atomic E-state index is 12.7. The van der Waals surface area contributed by atoms with Crippen LogP contribution in [0.2, 0.25) is 0 Å². The number of anilines is 1. The van der Waals surface area contributed by atoms with Gasteiger partial charge in [0.05, 0.1) is 11.8 Å². The van der Waals surface area contributed by atoms with Crippen molar-refractivity contribution < 1.29 is 14.3 Å². The van der Waals surface area contributed by atoms with Crippen LogP contribution in [-0.2, 0) is 14.3 Å². The molecule has 1 N–H and O–H groups in total. The van der Waals surface area contributed by atoms with Crippen molar-refractivity contribution >= 4 is 17.6 Å². The Labute approximate surface area is 123 Å². The Morgan fingerprint density at radius 2 is 1.95 bits per heavy atom. The highest BCUT2D eigenvalue weighted by molar-refractivity contribution is 5.97. The van der Waals surface area contributed by atoms with Crippen molar-refractivity contribution in [2.75, 3.05) is 5.32 Å². The number of fused-ring (bicyclic) bond motifs is 1. The molecule has 2 aliphatic carbocycles. The van der Waals surface area contributed by atoms with Gasteiger partial charge in [-0.25, -0.2) is 0 Å². The van der Waals surface area contributed by atoms with Crippen LogP contribution in [0.1, 0.15) is 24.0 Å². The van der Waals surface area contributed by atoms with Gasteiger partial charge in [-0.2, -0.15) is 0 Å². The van der Waals surface area contributed by atoms with Gasteiger partial charge in [0.1, 0.15) is 6.10 Å². The molecule has 4 rings (SSSR count). The molecule has 1 saturated heterocycles. The lowest BCUT2D eigenvalue weighted by Gasteiger charge is -2.24. The molecule has 2 saturated carbocycles. The fraction of sp³-hybridized carbons (Fsp3) is 0.529. The van der Waals surface area contributed by atoms with Gasteiger partial charge in [-0.15, -0.1) is 0 Å². The predicted molar refractivity (Wildman–Crippen MR) is 77.6 cm³/mol. The summed E-state index contributed by atoms with van der Waals surface area (Å²) < 4.78 is 5.40. The van der Waals surface area contributed by atoms with Crippen LogP contribution >= 0.6 is 0 Å². The molecule has 1 aliphatic heterocycles. The van der Waals surface area contributed by atoms with Crippen LogP contribution in [0.15, 0.2) is 18.2 Å². The molecule has 5 atom stereocenters. The molecule has 0 aromatic heterocycles. The first-order chi connectivity index (χ1) is 10.1. The third kappa shape index (κ3) is 1.74. The predicted octanol–water partition coefficient (Wildman–Crippen LogP) is 2.44. The summed E-state index contributed by atoms with van der Waals surface area (Å²) >= 11 is 0. The first kappa shape index (κ1) is 12.9. The molecule has 3 aliphatic rings. The number of rotatable bonds is 2. The largest absolute Gasteiger partial charge is 0.462 e. The van der Waals surface area contributed by atoms with Crippen molar-refractivity contribution in [1.29, 1.82) is 0 Å². The molecule has 3 fully saturated rings. The van der Waals surface area contributed by atoms with Crippen LogP contribution in [-0.4, -0.2) is 18.0 Å². The Morgan fingerprint density at radius 3 is 2.67 bits per heavy atom. The SMILES string of the molecule is Cc1cccc(C)c1NC(=O)[C@H]1[C@H]2C[C@H]3[C@H]1C(=O)O[C@H]3C2. The van der Waals surface area contributed by atoms with E-state index in [9.17, 15) is 9.59 Å². The van der Waals surface area contributed by atoms with Gasteiger partial charge in [-0.1, -0.05) is 18.2 Å². The average molecular weight is 285 g/mol.